The number of rotatable bonds is 11. The van der Waals surface area contributed by atoms with Gasteiger partial charge in [-0.25, -0.2) is 13.1 Å². The van der Waals surface area contributed by atoms with E-state index in [4.69, 9.17) is 4.74 Å². The van der Waals surface area contributed by atoms with Crippen LogP contribution in [0.2, 0.25) is 0 Å². The number of unbranched alkanes of at least 4 members (excludes halogenated alkanes) is 2. The number of benzene rings is 1. The first kappa shape index (κ1) is 23.1. The smallest absolute Gasteiger partial charge is 0.240 e. The zero-order chi connectivity index (χ0) is 20.6. The third kappa shape index (κ3) is 7.00. The molecule has 1 fully saturated rings. The highest BCUT2D eigenvalue weighted by Gasteiger charge is 2.32. The Balaban J connectivity index is 1.92. The van der Waals surface area contributed by atoms with Crippen LogP contribution in [0.5, 0.6) is 5.75 Å². The van der Waals surface area contributed by atoms with Crippen molar-refractivity contribution in [3.63, 3.8) is 0 Å². The van der Waals surface area contributed by atoms with Crippen LogP contribution in [-0.2, 0) is 10.0 Å². The fourth-order valence-corrected chi connectivity index (χ4v) is 4.16. The van der Waals surface area contributed by atoms with Crippen LogP contribution in [0.4, 0.5) is 0 Å². The number of hydrogen-bond donors (Lipinski definition) is 3. The van der Waals surface area contributed by atoms with Crippen molar-refractivity contribution in [2.45, 2.75) is 56.6 Å². The minimum absolute atomic E-state index is 0.218. The van der Waals surface area contributed by atoms with Gasteiger partial charge in [0.05, 0.1) is 4.90 Å². The number of sulfonamides is 1. The number of β-amino-alcohol motifs (C(OH)–C–C–N with tert-alkyl or cyclic N) is 1. The highest BCUT2D eigenvalue weighted by atomic mass is 32.2. The van der Waals surface area contributed by atoms with E-state index in [1.165, 1.54) is 12.1 Å². The summed E-state index contributed by atoms with van der Waals surface area (Å²) in [4.78, 5) is 2.43. The van der Waals surface area contributed by atoms with Gasteiger partial charge in [0.15, 0.2) is 0 Å². The van der Waals surface area contributed by atoms with Crippen molar-refractivity contribution in [1.82, 2.24) is 14.9 Å². The summed E-state index contributed by atoms with van der Waals surface area (Å²) in [6, 6.07) is 6.35. The Morgan fingerprint density at radius 3 is 2.46 bits per heavy atom. The zero-order valence-corrected chi connectivity index (χ0v) is 18.1. The zero-order valence-electron chi connectivity index (χ0n) is 17.3. The molecule has 1 atom stereocenters. The molecule has 1 aromatic rings. The lowest BCUT2D eigenvalue weighted by Crippen LogP contribution is -2.52. The van der Waals surface area contributed by atoms with Crippen molar-refractivity contribution in [2.75, 3.05) is 39.3 Å². The van der Waals surface area contributed by atoms with Gasteiger partial charge in [0, 0.05) is 39.3 Å². The summed E-state index contributed by atoms with van der Waals surface area (Å²) in [5.41, 5.74) is -0.788. The molecule has 0 bridgehead atoms. The molecule has 0 radical (unpaired) electrons. The lowest BCUT2D eigenvalue weighted by molar-refractivity contribution is -0.0456. The molecule has 1 aliphatic rings. The van der Waals surface area contributed by atoms with E-state index >= 15 is 0 Å². The van der Waals surface area contributed by atoms with Gasteiger partial charge >= 0.3 is 0 Å². The minimum Gasteiger partial charge on any atom is -0.485 e. The molecule has 2 rings (SSSR count). The highest BCUT2D eigenvalue weighted by molar-refractivity contribution is 7.89. The average Bonchev–Trinajstić information content (AvgIpc) is 2.66. The van der Waals surface area contributed by atoms with Crippen molar-refractivity contribution in [1.29, 1.82) is 0 Å². The summed E-state index contributed by atoms with van der Waals surface area (Å²) in [6.45, 7) is 10.4. The summed E-state index contributed by atoms with van der Waals surface area (Å²) in [5, 5.41) is 13.9. The van der Waals surface area contributed by atoms with E-state index in [-0.39, 0.29) is 4.90 Å². The Bertz CT molecular complexity index is 686. The van der Waals surface area contributed by atoms with Crippen LogP contribution in [0.1, 0.15) is 40.0 Å². The van der Waals surface area contributed by atoms with Crippen LogP contribution in [-0.4, -0.2) is 69.4 Å². The number of ether oxygens (including phenoxy) is 1. The Hall–Kier alpha value is -1.19. The molecule has 1 unspecified atom stereocenters. The third-order valence-electron chi connectivity index (χ3n) is 5.03. The molecule has 28 heavy (non-hydrogen) atoms. The van der Waals surface area contributed by atoms with Gasteiger partial charge in [0.1, 0.15) is 17.5 Å². The molecule has 8 heteroatoms. The molecule has 7 nitrogen and oxygen atoms in total. The molecule has 0 aromatic heterocycles. The SMILES string of the molecule is CCCCCNS(=O)(=O)c1ccc(OC(C)(C)C(O)CN2CCNCC2)cc1. The van der Waals surface area contributed by atoms with Crippen molar-refractivity contribution in [2.24, 2.45) is 0 Å². The number of piperazine rings is 1. The van der Waals surface area contributed by atoms with E-state index < -0.39 is 21.7 Å². The van der Waals surface area contributed by atoms with Crippen LogP contribution < -0.4 is 14.8 Å². The van der Waals surface area contributed by atoms with Crippen LogP contribution in [0, 0.1) is 0 Å². The Morgan fingerprint density at radius 1 is 1.21 bits per heavy atom. The fraction of sp³-hybridized carbons (Fsp3) is 0.700. The summed E-state index contributed by atoms with van der Waals surface area (Å²) >= 11 is 0. The van der Waals surface area contributed by atoms with E-state index in [1.54, 1.807) is 12.1 Å². The van der Waals surface area contributed by atoms with Crippen LogP contribution >= 0.6 is 0 Å². The molecule has 0 saturated carbocycles. The number of aliphatic hydroxyl groups excluding tert-OH is 1. The highest BCUT2D eigenvalue weighted by Crippen LogP contribution is 2.23. The lowest BCUT2D eigenvalue weighted by Gasteiger charge is -2.36. The number of nitrogens with zero attached hydrogens (tertiary/aromatic N) is 1. The molecular weight excluding hydrogens is 378 g/mol. The molecule has 1 heterocycles. The van der Waals surface area contributed by atoms with Crippen molar-refractivity contribution in [3.8, 4) is 5.75 Å². The summed E-state index contributed by atoms with van der Waals surface area (Å²) < 4.78 is 33.2. The van der Waals surface area contributed by atoms with Gasteiger partial charge in [0.25, 0.3) is 0 Å². The number of aliphatic hydroxyl groups is 1. The molecular formula is C20H35N3O4S. The van der Waals surface area contributed by atoms with Gasteiger partial charge in [-0.2, -0.15) is 0 Å². The van der Waals surface area contributed by atoms with Gasteiger partial charge < -0.3 is 15.2 Å². The number of hydrogen-bond acceptors (Lipinski definition) is 6. The Labute approximate surface area is 169 Å². The lowest BCUT2D eigenvalue weighted by atomic mass is 10.0. The quantitative estimate of drug-likeness (QED) is 0.477. The van der Waals surface area contributed by atoms with Crippen LogP contribution in [0.25, 0.3) is 0 Å². The molecule has 1 aliphatic heterocycles. The largest absolute Gasteiger partial charge is 0.485 e. The normalized spacial score (nSPS) is 17.4. The fourth-order valence-electron chi connectivity index (χ4n) is 3.08. The second kappa shape index (κ2) is 10.5. The second-order valence-electron chi connectivity index (χ2n) is 7.85. The first-order valence-corrected chi connectivity index (χ1v) is 11.6. The van der Waals surface area contributed by atoms with Crippen molar-refractivity contribution in [3.05, 3.63) is 24.3 Å². The van der Waals surface area contributed by atoms with Gasteiger partial charge in [-0.15, -0.1) is 0 Å². The Kier molecular flexibility index (Phi) is 8.70. The predicted octanol–water partition coefficient (Wildman–Crippen LogP) is 1.58. The third-order valence-corrected chi connectivity index (χ3v) is 6.51. The monoisotopic (exact) mass is 413 g/mol. The second-order valence-corrected chi connectivity index (χ2v) is 9.62. The topological polar surface area (TPSA) is 90.9 Å². The van der Waals surface area contributed by atoms with Gasteiger partial charge in [-0.1, -0.05) is 19.8 Å². The van der Waals surface area contributed by atoms with Gasteiger partial charge in [0.2, 0.25) is 10.0 Å². The van der Waals surface area contributed by atoms with Crippen LogP contribution in [0.3, 0.4) is 0 Å². The first-order chi connectivity index (χ1) is 13.2. The van der Waals surface area contributed by atoms with Gasteiger partial charge in [-0.3, -0.25) is 4.90 Å². The van der Waals surface area contributed by atoms with E-state index in [0.29, 0.717) is 18.8 Å². The molecule has 0 spiro atoms. The maximum atomic E-state index is 12.3. The van der Waals surface area contributed by atoms with E-state index in [1.807, 2.05) is 13.8 Å². The van der Waals surface area contributed by atoms with Crippen LogP contribution in [0.15, 0.2) is 29.2 Å². The first-order valence-electron chi connectivity index (χ1n) is 10.1. The van der Waals surface area contributed by atoms with E-state index in [2.05, 4.69) is 21.9 Å². The average molecular weight is 414 g/mol. The maximum Gasteiger partial charge on any atom is 0.240 e. The maximum absolute atomic E-state index is 12.3. The molecule has 1 aromatic carbocycles. The molecule has 160 valence electrons. The van der Waals surface area contributed by atoms with E-state index in [9.17, 15) is 13.5 Å². The summed E-state index contributed by atoms with van der Waals surface area (Å²) in [6.07, 6.45) is 2.22. The minimum atomic E-state index is -3.50. The molecule has 0 aliphatic carbocycles. The molecule has 3 N–H and O–H groups in total. The summed E-state index contributed by atoms with van der Waals surface area (Å²) in [7, 11) is -3.50. The number of nitrogens with one attached hydrogen (secondary N) is 2. The Morgan fingerprint density at radius 2 is 1.86 bits per heavy atom. The standard InChI is InChI=1S/C20H35N3O4S/c1-4-5-6-11-22-28(25,26)18-9-7-17(8-10-18)27-20(2,3)19(24)16-23-14-12-21-13-15-23/h7-10,19,21-22,24H,4-6,11-16H2,1-3H3. The van der Waals surface area contributed by atoms with Gasteiger partial charge in [-0.05, 0) is 44.5 Å². The molecule has 0 amide bonds. The van der Waals surface area contributed by atoms with E-state index in [0.717, 1.165) is 45.4 Å². The summed E-state index contributed by atoms with van der Waals surface area (Å²) in [5.74, 6) is 0.536. The molecule has 1 saturated heterocycles. The van der Waals surface area contributed by atoms with Crippen molar-refractivity contribution >= 4 is 10.0 Å². The van der Waals surface area contributed by atoms with Crippen molar-refractivity contribution < 1.29 is 18.3 Å². The predicted molar refractivity (Wildman–Crippen MR) is 111 cm³/mol.